The lowest BCUT2D eigenvalue weighted by atomic mass is 9.87. The molecule has 0 aromatic carbocycles. The van der Waals surface area contributed by atoms with Gasteiger partial charge in [0.2, 0.25) is 10.0 Å². The number of nitrogens with one attached hydrogen (secondary N) is 1. The SMILES string of the molecule is CC1CCCCC1NS(=O)(=O)c1cc(C(=O)O)cs1. The molecule has 0 spiro atoms. The molecular weight excluding hydrogens is 286 g/mol. The van der Waals surface area contributed by atoms with Crippen molar-refractivity contribution in [1.82, 2.24) is 4.72 Å². The summed E-state index contributed by atoms with van der Waals surface area (Å²) in [6.45, 7) is 2.05. The summed E-state index contributed by atoms with van der Waals surface area (Å²) in [6.07, 6.45) is 4.04. The topological polar surface area (TPSA) is 83.5 Å². The van der Waals surface area contributed by atoms with Gasteiger partial charge in [-0.1, -0.05) is 19.8 Å². The van der Waals surface area contributed by atoms with E-state index in [1.165, 1.54) is 11.4 Å². The molecule has 1 aliphatic rings. The molecule has 0 aliphatic heterocycles. The highest BCUT2D eigenvalue weighted by Crippen LogP contribution is 2.27. The van der Waals surface area contributed by atoms with Crippen molar-refractivity contribution < 1.29 is 18.3 Å². The van der Waals surface area contributed by atoms with E-state index in [1.807, 2.05) is 6.92 Å². The number of hydrogen-bond acceptors (Lipinski definition) is 4. The Bertz CT molecular complexity index is 564. The summed E-state index contributed by atoms with van der Waals surface area (Å²) in [7, 11) is -3.60. The van der Waals surface area contributed by atoms with E-state index in [0.717, 1.165) is 37.0 Å². The van der Waals surface area contributed by atoms with Crippen LogP contribution in [0.15, 0.2) is 15.7 Å². The molecule has 0 radical (unpaired) electrons. The monoisotopic (exact) mass is 303 g/mol. The molecular formula is C12H17NO4S2. The lowest BCUT2D eigenvalue weighted by Gasteiger charge is -2.28. The summed E-state index contributed by atoms with van der Waals surface area (Å²) < 4.78 is 27.2. The van der Waals surface area contributed by atoms with Gasteiger partial charge < -0.3 is 5.11 Å². The zero-order chi connectivity index (χ0) is 14.0. The van der Waals surface area contributed by atoms with Crippen LogP contribution in [0.25, 0.3) is 0 Å². The number of carbonyl (C=O) groups is 1. The average molecular weight is 303 g/mol. The number of carboxylic acids is 1. The van der Waals surface area contributed by atoms with Crippen LogP contribution in [0.5, 0.6) is 0 Å². The fourth-order valence-corrected chi connectivity index (χ4v) is 4.87. The third-order valence-corrected chi connectivity index (χ3v) is 6.43. The van der Waals surface area contributed by atoms with E-state index in [1.54, 1.807) is 0 Å². The van der Waals surface area contributed by atoms with Crippen molar-refractivity contribution in [3.63, 3.8) is 0 Å². The summed E-state index contributed by atoms with van der Waals surface area (Å²) >= 11 is 0.943. The number of hydrogen-bond donors (Lipinski definition) is 2. The van der Waals surface area contributed by atoms with Gasteiger partial charge >= 0.3 is 5.97 Å². The first-order chi connectivity index (χ1) is 8.90. The lowest BCUT2D eigenvalue weighted by Crippen LogP contribution is -2.40. The Morgan fingerprint density at radius 1 is 1.42 bits per heavy atom. The predicted molar refractivity (Wildman–Crippen MR) is 73.0 cm³/mol. The second-order valence-corrected chi connectivity index (χ2v) is 7.80. The van der Waals surface area contributed by atoms with Gasteiger partial charge in [-0.05, 0) is 24.8 Å². The Kier molecular flexibility index (Phi) is 4.27. The van der Waals surface area contributed by atoms with Gasteiger partial charge in [0.25, 0.3) is 0 Å². The predicted octanol–water partition coefficient (Wildman–Crippen LogP) is 2.30. The number of aromatic carboxylic acids is 1. The molecule has 2 N–H and O–H groups in total. The Labute approximate surface area is 116 Å². The van der Waals surface area contributed by atoms with E-state index in [-0.39, 0.29) is 15.8 Å². The van der Waals surface area contributed by atoms with E-state index >= 15 is 0 Å². The first-order valence-electron chi connectivity index (χ1n) is 6.24. The van der Waals surface area contributed by atoms with Gasteiger partial charge in [0.15, 0.2) is 0 Å². The maximum atomic E-state index is 12.2. The van der Waals surface area contributed by atoms with Gasteiger partial charge in [0, 0.05) is 11.4 Å². The van der Waals surface area contributed by atoms with Crippen LogP contribution in [0.2, 0.25) is 0 Å². The maximum Gasteiger partial charge on any atom is 0.336 e. The largest absolute Gasteiger partial charge is 0.478 e. The molecule has 106 valence electrons. The molecule has 19 heavy (non-hydrogen) atoms. The molecule has 7 heteroatoms. The van der Waals surface area contributed by atoms with E-state index in [2.05, 4.69) is 4.72 Å². The number of carboxylic acid groups (broad SMARTS) is 1. The minimum Gasteiger partial charge on any atom is -0.478 e. The third kappa shape index (κ3) is 3.34. The summed E-state index contributed by atoms with van der Waals surface area (Å²) in [5.74, 6) is -0.786. The van der Waals surface area contributed by atoms with Crippen molar-refractivity contribution in [3.05, 3.63) is 17.0 Å². The van der Waals surface area contributed by atoms with Crippen LogP contribution < -0.4 is 4.72 Å². The van der Waals surface area contributed by atoms with Crippen molar-refractivity contribution in [2.24, 2.45) is 5.92 Å². The zero-order valence-electron chi connectivity index (χ0n) is 10.6. The molecule has 5 nitrogen and oxygen atoms in total. The van der Waals surface area contributed by atoms with Crippen LogP contribution in [0, 0.1) is 5.92 Å². The third-order valence-electron chi connectivity index (χ3n) is 3.51. The van der Waals surface area contributed by atoms with Gasteiger partial charge in [-0.2, -0.15) is 0 Å². The van der Waals surface area contributed by atoms with Crippen molar-refractivity contribution in [3.8, 4) is 0 Å². The highest BCUT2D eigenvalue weighted by atomic mass is 32.2. The molecule has 1 aromatic rings. The molecule has 1 heterocycles. The number of thiophene rings is 1. The molecule has 0 saturated heterocycles. The summed E-state index contributed by atoms with van der Waals surface area (Å²) in [5.41, 5.74) is 0.0158. The second-order valence-electron chi connectivity index (χ2n) is 4.95. The average Bonchev–Trinajstić information content (AvgIpc) is 2.82. The van der Waals surface area contributed by atoms with Crippen LogP contribution in [0.1, 0.15) is 43.0 Å². The first kappa shape index (κ1) is 14.5. The van der Waals surface area contributed by atoms with Crippen LogP contribution in [-0.4, -0.2) is 25.5 Å². The standard InChI is InChI=1S/C12H17NO4S2/c1-8-4-2-3-5-10(8)13-19(16,17)11-6-9(7-18-11)12(14)15/h6-8,10,13H,2-5H2,1H3,(H,14,15). The normalized spacial score (nSPS) is 24.3. The van der Waals surface area contributed by atoms with E-state index in [0.29, 0.717) is 5.92 Å². The zero-order valence-corrected chi connectivity index (χ0v) is 12.3. The molecule has 1 aliphatic carbocycles. The van der Waals surface area contributed by atoms with Crippen molar-refractivity contribution in [2.75, 3.05) is 0 Å². The Balaban J connectivity index is 2.15. The van der Waals surface area contributed by atoms with Crippen LogP contribution in [0.3, 0.4) is 0 Å². The molecule has 2 unspecified atom stereocenters. The fourth-order valence-electron chi connectivity index (χ4n) is 2.32. The van der Waals surface area contributed by atoms with Crippen LogP contribution in [-0.2, 0) is 10.0 Å². The molecule has 2 atom stereocenters. The van der Waals surface area contributed by atoms with Gasteiger partial charge in [0.1, 0.15) is 4.21 Å². The number of rotatable bonds is 4. The summed E-state index contributed by atoms with van der Waals surface area (Å²) in [4.78, 5) is 10.8. The summed E-state index contributed by atoms with van der Waals surface area (Å²) in [6, 6.07) is 1.16. The highest BCUT2D eigenvalue weighted by Gasteiger charge is 2.28. The quantitative estimate of drug-likeness (QED) is 0.894. The Morgan fingerprint density at radius 3 is 2.68 bits per heavy atom. The Morgan fingerprint density at radius 2 is 2.11 bits per heavy atom. The van der Waals surface area contributed by atoms with Crippen LogP contribution >= 0.6 is 11.3 Å². The molecule has 1 aromatic heterocycles. The molecule has 1 saturated carbocycles. The molecule has 0 amide bonds. The summed E-state index contributed by atoms with van der Waals surface area (Å²) in [5, 5.41) is 10.2. The van der Waals surface area contributed by atoms with E-state index in [9.17, 15) is 13.2 Å². The number of sulfonamides is 1. The van der Waals surface area contributed by atoms with Crippen molar-refractivity contribution >= 4 is 27.3 Å². The highest BCUT2D eigenvalue weighted by molar-refractivity contribution is 7.91. The minimum atomic E-state index is -3.60. The smallest absolute Gasteiger partial charge is 0.336 e. The van der Waals surface area contributed by atoms with Crippen molar-refractivity contribution in [1.29, 1.82) is 0 Å². The van der Waals surface area contributed by atoms with Crippen molar-refractivity contribution in [2.45, 2.75) is 42.9 Å². The van der Waals surface area contributed by atoms with Crippen LogP contribution in [0.4, 0.5) is 0 Å². The lowest BCUT2D eigenvalue weighted by molar-refractivity contribution is 0.0697. The van der Waals surface area contributed by atoms with Gasteiger partial charge in [-0.3, -0.25) is 0 Å². The molecule has 2 rings (SSSR count). The van der Waals surface area contributed by atoms with Gasteiger partial charge in [-0.25, -0.2) is 17.9 Å². The maximum absolute atomic E-state index is 12.2. The molecule has 0 bridgehead atoms. The minimum absolute atomic E-state index is 0.0158. The van der Waals surface area contributed by atoms with E-state index in [4.69, 9.17) is 5.11 Å². The fraction of sp³-hybridized carbons (Fsp3) is 0.583. The second kappa shape index (κ2) is 5.60. The Hall–Kier alpha value is -0.920. The van der Waals surface area contributed by atoms with Gasteiger partial charge in [-0.15, -0.1) is 11.3 Å². The van der Waals surface area contributed by atoms with E-state index < -0.39 is 16.0 Å². The van der Waals surface area contributed by atoms with Gasteiger partial charge in [0.05, 0.1) is 5.56 Å². The molecule has 1 fully saturated rings. The first-order valence-corrected chi connectivity index (χ1v) is 8.60.